The van der Waals surface area contributed by atoms with E-state index in [0.717, 1.165) is 24.9 Å². The zero-order valence-electron chi connectivity index (χ0n) is 12.0. The van der Waals surface area contributed by atoms with Crippen molar-refractivity contribution in [2.45, 2.75) is 38.8 Å². The van der Waals surface area contributed by atoms with Gasteiger partial charge in [-0.3, -0.25) is 4.90 Å². The molecular formula is C16H24N2O. The highest BCUT2D eigenvalue weighted by Gasteiger charge is 2.35. The highest BCUT2D eigenvalue weighted by atomic mass is 16.5. The van der Waals surface area contributed by atoms with Gasteiger partial charge < -0.3 is 9.64 Å². The van der Waals surface area contributed by atoms with E-state index in [4.69, 9.17) is 4.74 Å². The summed E-state index contributed by atoms with van der Waals surface area (Å²) < 4.78 is 5.79. The second-order valence-corrected chi connectivity index (χ2v) is 5.69. The number of nitrogens with zero attached hydrogens (tertiary/aromatic N) is 2. The summed E-state index contributed by atoms with van der Waals surface area (Å²) in [6, 6.07) is 9.77. The summed E-state index contributed by atoms with van der Waals surface area (Å²) in [6.45, 7) is 8.73. The van der Waals surface area contributed by atoms with Gasteiger partial charge in [-0.25, -0.2) is 0 Å². The van der Waals surface area contributed by atoms with Gasteiger partial charge in [0.05, 0.1) is 12.3 Å². The molecule has 0 radical (unpaired) electrons. The number of benzene rings is 1. The molecule has 104 valence electrons. The first kappa shape index (κ1) is 12.8. The predicted octanol–water partition coefficient (Wildman–Crippen LogP) is 2.76. The minimum atomic E-state index is 0.566. The van der Waals surface area contributed by atoms with Gasteiger partial charge in [-0.2, -0.15) is 0 Å². The maximum absolute atomic E-state index is 5.79. The smallest absolute Gasteiger partial charge is 0.142 e. The SMILES string of the molecule is CCOc1ccccc1N1CC2CCCN2CC1C. The first-order chi connectivity index (χ1) is 9.29. The molecule has 0 N–H and O–H groups in total. The first-order valence-corrected chi connectivity index (χ1v) is 7.52. The lowest BCUT2D eigenvalue weighted by Crippen LogP contribution is -2.55. The lowest BCUT2D eigenvalue weighted by molar-refractivity contribution is 0.202. The van der Waals surface area contributed by atoms with Crippen LogP contribution in [0, 0.1) is 0 Å². The molecule has 0 aliphatic carbocycles. The van der Waals surface area contributed by atoms with E-state index < -0.39 is 0 Å². The summed E-state index contributed by atoms with van der Waals surface area (Å²) in [5, 5.41) is 0. The standard InChI is InChI=1S/C16H24N2O/c1-3-19-16-9-5-4-8-15(16)18-12-14-7-6-10-17(14)11-13(18)2/h4-5,8-9,13-14H,3,6-7,10-12H2,1-2H3. The van der Waals surface area contributed by atoms with Crippen LogP contribution in [0.25, 0.3) is 0 Å². The topological polar surface area (TPSA) is 15.7 Å². The molecule has 0 aromatic heterocycles. The number of hydrogen-bond acceptors (Lipinski definition) is 3. The summed E-state index contributed by atoms with van der Waals surface area (Å²) in [7, 11) is 0. The van der Waals surface area contributed by atoms with Crippen LogP contribution in [-0.4, -0.2) is 43.2 Å². The van der Waals surface area contributed by atoms with E-state index in [1.807, 2.05) is 0 Å². The summed E-state index contributed by atoms with van der Waals surface area (Å²) in [5.41, 5.74) is 1.27. The molecule has 2 saturated heterocycles. The van der Waals surface area contributed by atoms with Gasteiger partial charge in [0.2, 0.25) is 0 Å². The zero-order valence-corrected chi connectivity index (χ0v) is 12.0. The number of piperazine rings is 1. The van der Waals surface area contributed by atoms with Crippen LogP contribution in [0.15, 0.2) is 24.3 Å². The maximum Gasteiger partial charge on any atom is 0.142 e. The maximum atomic E-state index is 5.79. The Kier molecular flexibility index (Phi) is 3.65. The van der Waals surface area contributed by atoms with Gasteiger partial charge >= 0.3 is 0 Å². The summed E-state index contributed by atoms with van der Waals surface area (Å²) in [5.74, 6) is 1.03. The Hall–Kier alpha value is -1.22. The van der Waals surface area contributed by atoms with Gasteiger partial charge in [0, 0.05) is 25.2 Å². The van der Waals surface area contributed by atoms with Crippen molar-refractivity contribution in [1.29, 1.82) is 0 Å². The van der Waals surface area contributed by atoms with Crippen molar-refractivity contribution in [2.24, 2.45) is 0 Å². The monoisotopic (exact) mass is 260 g/mol. The molecule has 2 unspecified atom stereocenters. The van der Waals surface area contributed by atoms with Gasteiger partial charge in [-0.1, -0.05) is 12.1 Å². The molecule has 2 fully saturated rings. The number of ether oxygens (including phenoxy) is 1. The van der Waals surface area contributed by atoms with Crippen LogP contribution >= 0.6 is 0 Å². The van der Waals surface area contributed by atoms with Crippen molar-refractivity contribution >= 4 is 5.69 Å². The highest BCUT2D eigenvalue weighted by Crippen LogP contribution is 2.34. The minimum absolute atomic E-state index is 0.566. The molecule has 0 spiro atoms. The van der Waals surface area contributed by atoms with Crippen molar-refractivity contribution in [3.8, 4) is 5.75 Å². The van der Waals surface area contributed by atoms with E-state index in [1.165, 1.54) is 31.6 Å². The van der Waals surface area contributed by atoms with Crippen LogP contribution in [0.1, 0.15) is 26.7 Å². The fraction of sp³-hybridized carbons (Fsp3) is 0.625. The number of fused-ring (bicyclic) bond motifs is 1. The summed E-state index contributed by atoms with van der Waals surface area (Å²) in [6.07, 6.45) is 2.71. The molecule has 2 heterocycles. The molecule has 0 bridgehead atoms. The molecular weight excluding hydrogens is 236 g/mol. The largest absolute Gasteiger partial charge is 0.492 e. The Labute approximate surface area is 116 Å². The van der Waals surface area contributed by atoms with Gasteiger partial charge in [0.15, 0.2) is 0 Å². The Morgan fingerprint density at radius 2 is 2.11 bits per heavy atom. The Morgan fingerprint density at radius 1 is 1.26 bits per heavy atom. The fourth-order valence-corrected chi connectivity index (χ4v) is 3.49. The van der Waals surface area contributed by atoms with Gasteiger partial charge in [0.25, 0.3) is 0 Å². The van der Waals surface area contributed by atoms with Crippen molar-refractivity contribution < 1.29 is 4.74 Å². The van der Waals surface area contributed by atoms with E-state index in [-0.39, 0.29) is 0 Å². The summed E-state index contributed by atoms with van der Waals surface area (Å²) in [4.78, 5) is 5.20. The second kappa shape index (κ2) is 5.41. The Bertz CT molecular complexity index is 435. The molecule has 1 aromatic rings. The van der Waals surface area contributed by atoms with Crippen LogP contribution < -0.4 is 9.64 Å². The molecule has 3 heteroatoms. The number of rotatable bonds is 3. The average molecular weight is 260 g/mol. The van der Waals surface area contributed by atoms with E-state index in [1.54, 1.807) is 0 Å². The normalized spacial score (nSPS) is 27.4. The van der Waals surface area contributed by atoms with Crippen molar-refractivity contribution in [2.75, 3.05) is 31.1 Å². The zero-order chi connectivity index (χ0) is 13.2. The van der Waals surface area contributed by atoms with Crippen LogP contribution in [0.2, 0.25) is 0 Å². The molecule has 0 amide bonds. The van der Waals surface area contributed by atoms with Crippen molar-refractivity contribution in [3.05, 3.63) is 24.3 Å². The molecule has 1 aromatic carbocycles. The number of hydrogen-bond donors (Lipinski definition) is 0. The lowest BCUT2D eigenvalue weighted by atomic mass is 10.1. The molecule has 3 nitrogen and oxygen atoms in total. The van der Waals surface area contributed by atoms with Crippen molar-refractivity contribution in [1.82, 2.24) is 4.90 Å². The highest BCUT2D eigenvalue weighted by molar-refractivity contribution is 5.59. The van der Waals surface area contributed by atoms with E-state index in [2.05, 4.69) is 47.9 Å². The Morgan fingerprint density at radius 3 is 2.95 bits per heavy atom. The summed E-state index contributed by atoms with van der Waals surface area (Å²) >= 11 is 0. The second-order valence-electron chi connectivity index (χ2n) is 5.69. The van der Waals surface area contributed by atoms with Gasteiger partial charge in [-0.05, 0) is 45.4 Å². The predicted molar refractivity (Wildman–Crippen MR) is 79.0 cm³/mol. The third-order valence-electron chi connectivity index (χ3n) is 4.41. The third kappa shape index (κ3) is 2.44. The van der Waals surface area contributed by atoms with Crippen molar-refractivity contribution in [3.63, 3.8) is 0 Å². The van der Waals surface area contributed by atoms with Gasteiger partial charge in [-0.15, -0.1) is 0 Å². The molecule has 3 rings (SSSR count). The van der Waals surface area contributed by atoms with Crippen LogP contribution in [0.3, 0.4) is 0 Å². The fourth-order valence-electron chi connectivity index (χ4n) is 3.49. The number of para-hydroxylation sites is 2. The molecule has 0 saturated carbocycles. The van der Waals surface area contributed by atoms with Crippen LogP contribution in [-0.2, 0) is 0 Å². The molecule has 2 aliphatic rings. The average Bonchev–Trinajstić information content (AvgIpc) is 2.86. The molecule has 2 aliphatic heterocycles. The molecule has 2 atom stereocenters. The van der Waals surface area contributed by atoms with E-state index in [9.17, 15) is 0 Å². The first-order valence-electron chi connectivity index (χ1n) is 7.52. The van der Waals surface area contributed by atoms with E-state index in [0.29, 0.717) is 6.04 Å². The quantitative estimate of drug-likeness (QED) is 0.831. The lowest BCUT2D eigenvalue weighted by Gasteiger charge is -2.44. The van der Waals surface area contributed by atoms with E-state index >= 15 is 0 Å². The molecule has 19 heavy (non-hydrogen) atoms. The Balaban J connectivity index is 1.84. The minimum Gasteiger partial charge on any atom is -0.492 e. The van der Waals surface area contributed by atoms with Crippen LogP contribution in [0.4, 0.5) is 5.69 Å². The van der Waals surface area contributed by atoms with Gasteiger partial charge in [0.1, 0.15) is 5.75 Å². The number of anilines is 1. The van der Waals surface area contributed by atoms with Crippen LogP contribution in [0.5, 0.6) is 5.75 Å². The third-order valence-corrected chi connectivity index (χ3v) is 4.41.